The number of rotatable bonds is 7. The van der Waals surface area contributed by atoms with Gasteiger partial charge in [0.2, 0.25) is 5.91 Å². The summed E-state index contributed by atoms with van der Waals surface area (Å²) < 4.78 is 0. The van der Waals surface area contributed by atoms with Gasteiger partial charge in [0.05, 0.1) is 11.3 Å². The van der Waals surface area contributed by atoms with Crippen LogP contribution in [-0.4, -0.2) is 41.3 Å². The molecule has 1 aromatic heterocycles. The molecule has 98 valence electrons. The van der Waals surface area contributed by atoms with Crippen LogP contribution in [0, 0.1) is 0 Å². The molecule has 6 heteroatoms. The van der Waals surface area contributed by atoms with E-state index in [1.54, 1.807) is 19.2 Å². The molecule has 0 atom stereocenters. The van der Waals surface area contributed by atoms with Crippen molar-refractivity contribution in [2.75, 3.05) is 13.6 Å². The summed E-state index contributed by atoms with van der Waals surface area (Å²) in [5, 5.41) is 10.3. The minimum atomic E-state index is -0.940. The Labute approximate surface area is 109 Å². The Morgan fingerprint density at radius 1 is 1.28 bits per heavy atom. The van der Waals surface area contributed by atoms with Crippen molar-refractivity contribution in [2.24, 2.45) is 0 Å². The van der Waals surface area contributed by atoms with Crippen LogP contribution in [0.2, 0.25) is 0 Å². The first-order valence-corrected chi connectivity index (χ1v) is 6.41. The summed E-state index contributed by atoms with van der Waals surface area (Å²) in [6.45, 7) is 0.168. The van der Waals surface area contributed by atoms with E-state index in [9.17, 15) is 14.4 Å². The number of carbonyl (C=O) groups excluding carboxylic acids is 2. The highest BCUT2D eigenvalue weighted by Gasteiger charge is 2.13. The summed E-state index contributed by atoms with van der Waals surface area (Å²) in [7, 11) is 1.54. The molecular weight excluding hydrogens is 254 g/mol. The molecule has 0 saturated carbocycles. The zero-order chi connectivity index (χ0) is 13.5. The zero-order valence-corrected chi connectivity index (χ0v) is 10.9. The number of carboxylic acids is 1. The fraction of sp³-hybridized carbons (Fsp3) is 0.417. The molecule has 5 nitrogen and oxygen atoms in total. The number of amides is 1. The summed E-state index contributed by atoms with van der Waals surface area (Å²) >= 11 is 1.35. The molecule has 0 aromatic carbocycles. The average molecular weight is 269 g/mol. The molecule has 0 aliphatic rings. The molecule has 1 aromatic rings. The van der Waals surface area contributed by atoms with E-state index in [1.807, 2.05) is 5.38 Å². The van der Waals surface area contributed by atoms with Crippen LogP contribution in [0.1, 0.15) is 28.9 Å². The van der Waals surface area contributed by atoms with E-state index in [1.165, 1.54) is 16.2 Å². The number of aliphatic carboxylic acids is 1. The molecule has 0 unspecified atom stereocenters. The van der Waals surface area contributed by atoms with E-state index in [4.69, 9.17) is 5.11 Å². The third kappa shape index (κ3) is 4.67. The van der Waals surface area contributed by atoms with Gasteiger partial charge in [0.25, 0.3) is 0 Å². The lowest BCUT2D eigenvalue weighted by Gasteiger charge is -2.15. The molecule has 1 rings (SSSR count). The van der Waals surface area contributed by atoms with Gasteiger partial charge in [0.15, 0.2) is 5.78 Å². The standard InChI is InChI=1S/C12H15NO4S/c1-13(7-6-12(16)17)11(15)5-4-9(14)10-3-2-8-18-10/h2-3,8H,4-7H2,1H3,(H,16,17). The molecule has 0 radical (unpaired) electrons. The summed E-state index contributed by atoms with van der Waals surface area (Å²) in [5.41, 5.74) is 0. The number of thiophene rings is 1. The van der Waals surface area contributed by atoms with E-state index in [0.717, 1.165) is 0 Å². The van der Waals surface area contributed by atoms with Gasteiger partial charge < -0.3 is 10.0 Å². The lowest BCUT2D eigenvalue weighted by atomic mass is 10.2. The van der Waals surface area contributed by atoms with Gasteiger partial charge in [-0.25, -0.2) is 0 Å². The minimum Gasteiger partial charge on any atom is -0.481 e. The fourth-order valence-corrected chi connectivity index (χ4v) is 2.05. The molecule has 1 heterocycles. The van der Waals surface area contributed by atoms with Crippen LogP contribution in [0.15, 0.2) is 17.5 Å². The predicted molar refractivity (Wildman–Crippen MR) is 67.8 cm³/mol. The van der Waals surface area contributed by atoms with E-state index >= 15 is 0 Å². The molecule has 18 heavy (non-hydrogen) atoms. The first-order chi connectivity index (χ1) is 8.50. The molecule has 0 aliphatic carbocycles. The van der Waals surface area contributed by atoms with Crippen LogP contribution in [0.4, 0.5) is 0 Å². The lowest BCUT2D eigenvalue weighted by Crippen LogP contribution is -2.29. The van der Waals surface area contributed by atoms with Gasteiger partial charge in [-0.2, -0.15) is 0 Å². The zero-order valence-electron chi connectivity index (χ0n) is 10.1. The predicted octanol–water partition coefficient (Wildman–Crippen LogP) is 1.64. The second-order valence-electron chi connectivity index (χ2n) is 3.86. The van der Waals surface area contributed by atoms with Crippen LogP contribution in [0.5, 0.6) is 0 Å². The van der Waals surface area contributed by atoms with E-state index in [0.29, 0.717) is 4.88 Å². The van der Waals surface area contributed by atoms with E-state index in [2.05, 4.69) is 0 Å². The molecular formula is C12H15NO4S. The number of hydrogen-bond acceptors (Lipinski definition) is 4. The number of ketones is 1. The molecule has 0 aliphatic heterocycles. The number of hydrogen-bond donors (Lipinski definition) is 1. The largest absolute Gasteiger partial charge is 0.481 e. The monoisotopic (exact) mass is 269 g/mol. The second kappa shape index (κ2) is 6.90. The van der Waals surface area contributed by atoms with Crippen LogP contribution >= 0.6 is 11.3 Å². The molecule has 0 spiro atoms. The van der Waals surface area contributed by atoms with Crippen LogP contribution in [0.3, 0.4) is 0 Å². The molecule has 0 bridgehead atoms. The Bertz CT molecular complexity index is 427. The maximum atomic E-state index is 11.6. The van der Waals surface area contributed by atoms with Gasteiger partial charge in [0, 0.05) is 26.4 Å². The van der Waals surface area contributed by atoms with Gasteiger partial charge in [-0.05, 0) is 11.4 Å². The topological polar surface area (TPSA) is 74.7 Å². The Hall–Kier alpha value is -1.69. The summed E-state index contributed by atoms with van der Waals surface area (Å²) in [4.78, 5) is 35.6. The molecule has 0 fully saturated rings. The summed E-state index contributed by atoms with van der Waals surface area (Å²) in [6, 6.07) is 3.52. The minimum absolute atomic E-state index is 0.0509. The van der Waals surface area contributed by atoms with Crippen molar-refractivity contribution in [2.45, 2.75) is 19.3 Å². The third-order valence-electron chi connectivity index (χ3n) is 2.45. The Balaban J connectivity index is 2.32. The van der Waals surface area contributed by atoms with Crippen molar-refractivity contribution < 1.29 is 19.5 Å². The number of nitrogens with zero attached hydrogens (tertiary/aromatic N) is 1. The maximum absolute atomic E-state index is 11.6. The normalized spacial score (nSPS) is 10.1. The SMILES string of the molecule is CN(CCC(=O)O)C(=O)CCC(=O)c1cccs1. The van der Waals surface area contributed by atoms with Gasteiger partial charge in [-0.3, -0.25) is 14.4 Å². The average Bonchev–Trinajstić information content (AvgIpc) is 2.86. The number of carboxylic acid groups (broad SMARTS) is 1. The van der Waals surface area contributed by atoms with Crippen molar-refractivity contribution in [3.8, 4) is 0 Å². The maximum Gasteiger partial charge on any atom is 0.305 e. The van der Waals surface area contributed by atoms with Gasteiger partial charge >= 0.3 is 5.97 Å². The van der Waals surface area contributed by atoms with Crippen molar-refractivity contribution in [1.82, 2.24) is 4.90 Å². The second-order valence-corrected chi connectivity index (χ2v) is 4.81. The van der Waals surface area contributed by atoms with Crippen LogP contribution in [-0.2, 0) is 9.59 Å². The van der Waals surface area contributed by atoms with Crippen molar-refractivity contribution in [1.29, 1.82) is 0 Å². The highest BCUT2D eigenvalue weighted by atomic mass is 32.1. The third-order valence-corrected chi connectivity index (χ3v) is 3.36. The highest BCUT2D eigenvalue weighted by molar-refractivity contribution is 7.12. The van der Waals surface area contributed by atoms with Gasteiger partial charge in [-0.1, -0.05) is 6.07 Å². The Morgan fingerprint density at radius 3 is 2.56 bits per heavy atom. The quantitative estimate of drug-likeness (QED) is 0.764. The van der Waals surface area contributed by atoms with Crippen molar-refractivity contribution >= 4 is 29.0 Å². The first-order valence-electron chi connectivity index (χ1n) is 5.53. The van der Waals surface area contributed by atoms with Crippen molar-refractivity contribution in [3.63, 3.8) is 0 Å². The van der Waals surface area contributed by atoms with Crippen molar-refractivity contribution in [3.05, 3.63) is 22.4 Å². The van der Waals surface area contributed by atoms with Crippen LogP contribution in [0.25, 0.3) is 0 Å². The number of carbonyl (C=O) groups is 3. The van der Waals surface area contributed by atoms with E-state index < -0.39 is 5.97 Å². The molecule has 1 N–H and O–H groups in total. The molecule has 1 amide bonds. The first kappa shape index (κ1) is 14.4. The highest BCUT2D eigenvalue weighted by Crippen LogP contribution is 2.12. The van der Waals surface area contributed by atoms with Gasteiger partial charge in [-0.15, -0.1) is 11.3 Å². The van der Waals surface area contributed by atoms with E-state index in [-0.39, 0.29) is 37.5 Å². The fourth-order valence-electron chi connectivity index (χ4n) is 1.36. The summed E-state index contributed by atoms with van der Waals surface area (Å²) in [6.07, 6.45) is 0.199. The Kier molecular flexibility index (Phi) is 5.51. The smallest absolute Gasteiger partial charge is 0.305 e. The van der Waals surface area contributed by atoms with Crippen LogP contribution < -0.4 is 0 Å². The number of Topliss-reactive ketones (excluding diaryl/α,β-unsaturated/α-hetero) is 1. The lowest BCUT2D eigenvalue weighted by molar-refractivity contribution is -0.138. The molecule has 0 saturated heterocycles. The Morgan fingerprint density at radius 2 is 2.00 bits per heavy atom. The summed E-state index contributed by atoms with van der Waals surface area (Å²) in [5.74, 6) is -1.20. The van der Waals surface area contributed by atoms with Gasteiger partial charge in [0.1, 0.15) is 0 Å².